The highest BCUT2D eigenvalue weighted by atomic mass is 16.3. The number of aliphatic hydroxyl groups is 1. The van der Waals surface area contributed by atoms with E-state index in [4.69, 9.17) is 5.11 Å². The Bertz CT molecular complexity index is 863. The maximum Gasteiger partial charge on any atom is 0.261 e. The van der Waals surface area contributed by atoms with Gasteiger partial charge in [-0.2, -0.15) is 0 Å². The van der Waals surface area contributed by atoms with Crippen LogP contribution in [-0.2, 0) is 4.79 Å². The van der Waals surface area contributed by atoms with Gasteiger partial charge >= 0.3 is 0 Å². The topological polar surface area (TPSA) is 98.7 Å². The number of aliphatic hydroxyl groups excluding tert-OH is 1. The molecule has 2 aromatic rings. The van der Waals surface area contributed by atoms with Crippen molar-refractivity contribution in [1.29, 1.82) is 0 Å². The van der Waals surface area contributed by atoms with E-state index in [-0.39, 0.29) is 30.9 Å². The maximum absolute atomic E-state index is 12.8. The van der Waals surface area contributed by atoms with Crippen molar-refractivity contribution in [2.24, 2.45) is 0 Å². The Morgan fingerprint density at radius 3 is 2.60 bits per heavy atom. The van der Waals surface area contributed by atoms with Gasteiger partial charge < -0.3 is 15.7 Å². The Morgan fingerprint density at radius 1 is 1.12 bits per heavy atom. The van der Waals surface area contributed by atoms with Crippen molar-refractivity contribution in [3.8, 4) is 0 Å². The molecular weight excluding hydrogens is 322 g/mol. The number of rotatable bonds is 6. The summed E-state index contributed by atoms with van der Waals surface area (Å²) in [4.78, 5) is 38.1. The van der Waals surface area contributed by atoms with Crippen molar-refractivity contribution in [2.45, 2.75) is 6.92 Å². The molecule has 0 saturated heterocycles. The zero-order chi connectivity index (χ0) is 18.0. The molecule has 25 heavy (non-hydrogen) atoms. The van der Waals surface area contributed by atoms with Gasteiger partial charge in [0.05, 0.1) is 12.2 Å². The summed E-state index contributed by atoms with van der Waals surface area (Å²) in [5.74, 6) is -0.944. The second kappa shape index (κ2) is 7.00. The largest absolute Gasteiger partial charge is 0.395 e. The Labute approximate surface area is 144 Å². The normalized spacial score (nSPS) is 13.4. The predicted molar refractivity (Wildman–Crippen MR) is 93.6 cm³/mol. The summed E-state index contributed by atoms with van der Waals surface area (Å²) >= 11 is 0. The summed E-state index contributed by atoms with van der Waals surface area (Å²) in [5, 5.41) is 15.8. The lowest BCUT2D eigenvalue weighted by Crippen LogP contribution is -2.44. The van der Waals surface area contributed by atoms with Crippen LogP contribution in [0, 0.1) is 0 Å². The minimum atomic E-state index is -0.383. The first kappa shape index (κ1) is 17.1. The lowest BCUT2D eigenvalue weighted by Gasteiger charge is -2.27. The fourth-order valence-corrected chi connectivity index (χ4v) is 3.03. The second-order valence-electron chi connectivity index (χ2n) is 5.84. The number of anilines is 1. The first-order valence-electron chi connectivity index (χ1n) is 8.05. The molecule has 1 aliphatic rings. The number of carbonyl (C=O) groups excluding carboxylic acids is 3. The molecule has 3 amide bonds. The first-order chi connectivity index (χ1) is 12.0. The van der Waals surface area contributed by atoms with Gasteiger partial charge in [-0.05, 0) is 23.6 Å². The molecule has 7 nitrogen and oxygen atoms in total. The summed E-state index contributed by atoms with van der Waals surface area (Å²) in [6.45, 7) is 2.39. The van der Waals surface area contributed by atoms with Gasteiger partial charge in [0, 0.05) is 43.2 Å². The van der Waals surface area contributed by atoms with E-state index in [1.54, 1.807) is 24.3 Å². The molecule has 7 heteroatoms. The first-order valence-corrected chi connectivity index (χ1v) is 8.05. The van der Waals surface area contributed by atoms with E-state index in [2.05, 4.69) is 10.6 Å². The number of amides is 3. The molecule has 0 aliphatic carbocycles. The average Bonchev–Trinajstić information content (AvgIpc) is 2.58. The maximum atomic E-state index is 12.8. The van der Waals surface area contributed by atoms with Gasteiger partial charge in [-0.15, -0.1) is 0 Å². The Balaban J connectivity index is 2.02. The molecule has 0 saturated carbocycles. The van der Waals surface area contributed by atoms with Crippen molar-refractivity contribution < 1.29 is 19.5 Å². The number of benzene rings is 2. The van der Waals surface area contributed by atoms with E-state index in [1.165, 1.54) is 11.8 Å². The molecule has 3 N–H and O–H groups in total. The SMILES string of the molecule is CC(=O)Nc1cc2c3c(cccc3c1)C(=O)N(CCNCCO)C2=O. The van der Waals surface area contributed by atoms with Crippen LogP contribution < -0.4 is 10.6 Å². The quantitative estimate of drug-likeness (QED) is 0.537. The van der Waals surface area contributed by atoms with Crippen LogP contribution in [-0.4, -0.2) is 54.0 Å². The van der Waals surface area contributed by atoms with Crippen LogP contribution in [0.3, 0.4) is 0 Å². The van der Waals surface area contributed by atoms with Crippen LogP contribution >= 0.6 is 0 Å². The fourth-order valence-electron chi connectivity index (χ4n) is 3.03. The van der Waals surface area contributed by atoms with Gasteiger partial charge in [-0.25, -0.2) is 0 Å². The summed E-state index contributed by atoms with van der Waals surface area (Å²) in [5.41, 5.74) is 1.40. The average molecular weight is 341 g/mol. The van der Waals surface area contributed by atoms with Crippen LogP contribution in [0.4, 0.5) is 5.69 Å². The molecular formula is C18H19N3O4. The molecule has 0 spiro atoms. The molecule has 0 aromatic heterocycles. The highest BCUT2D eigenvalue weighted by Crippen LogP contribution is 2.32. The zero-order valence-corrected chi connectivity index (χ0v) is 13.8. The van der Waals surface area contributed by atoms with Crippen molar-refractivity contribution in [3.63, 3.8) is 0 Å². The number of nitrogens with zero attached hydrogens (tertiary/aromatic N) is 1. The number of hydrogen-bond acceptors (Lipinski definition) is 5. The van der Waals surface area contributed by atoms with Crippen molar-refractivity contribution in [2.75, 3.05) is 31.6 Å². The Morgan fingerprint density at radius 2 is 1.88 bits per heavy atom. The van der Waals surface area contributed by atoms with Crippen LogP contribution in [0.5, 0.6) is 0 Å². The third-order valence-electron chi connectivity index (χ3n) is 4.05. The van der Waals surface area contributed by atoms with Gasteiger partial charge in [-0.3, -0.25) is 19.3 Å². The highest BCUT2D eigenvalue weighted by molar-refractivity contribution is 6.26. The molecule has 0 radical (unpaired) electrons. The molecule has 1 heterocycles. The third-order valence-corrected chi connectivity index (χ3v) is 4.05. The molecule has 3 rings (SSSR count). The van der Waals surface area contributed by atoms with Gasteiger partial charge in [0.1, 0.15) is 0 Å². The summed E-state index contributed by atoms with van der Waals surface area (Å²) in [7, 11) is 0. The van der Waals surface area contributed by atoms with Gasteiger partial charge in [-0.1, -0.05) is 12.1 Å². The standard InChI is InChI=1S/C18H19N3O4/c1-11(23)20-13-9-12-3-2-4-14-16(12)15(10-13)18(25)21(17(14)24)7-5-19-6-8-22/h2-4,9-10,19,22H,5-8H2,1H3,(H,20,23). The van der Waals surface area contributed by atoms with Crippen molar-refractivity contribution in [1.82, 2.24) is 10.2 Å². The molecule has 0 bridgehead atoms. The van der Waals surface area contributed by atoms with Gasteiger partial charge in [0.2, 0.25) is 5.91 Å². The predicted octanol–water partition coefficient (Wildman–Crippen LogP) is 0.976. The molecule has 2 aromatic carbocycles. The molecule has 1 aliphatic heterocycles. The zero-order valence-electron chi connectivity index (χ0n) is 13.8. The molecule has 0 fully saturated rings. The minimum absolute atomic E-state index is 0.00981. The van der Waals surface area contributed by atoms with Crippen molar-refractivity contribution >= 4 is 34.2 Å². The fraction of sp³-hybridized carbons (Fsp3) is 0.278. The number of carbonyl (C=O) groups is 3. The van der Waals surface area contributed by atoms with Crippen LogP contribution in [0.1, 0.15) is 27.6 Å². The van der Waals surface area contributed by atoms with Crippen LogP contribution in [0.15, 0.2) is 30.3 Å². The monoisotopic (exact) mass is 341 g/mol. The number of nitrogens with one attached hydrogen (secondary N) is 2. The lowest BCUT2D eigenvalue weighted by molar-refractivity contribution is -0.114. The summed E-state index contributed by atoms with van der Waals surface area (Å²) in [6, 6.07) is 8.63. The number of hydrogen-bond donors (Lipinski definition) is 3. The lowest BCUT2D eigenvalue weighted by atomic mass is 9.93. The molecule has 0 atom stereocenters. The van der Waals surface area contributed by atoms with Gasteiger partial charge in [0.15, 0.2) is 0 Å². The van der Waals surface area contributed by atoms with E-state index in [0.29, 0.717) is 35.3 Å². The Kier molecular flexibility index (Phi) is 4.78. The van der Waals surface area contributed by atoms with E-state index >= 15 is 0 Å². The smallest absolute Gasteiger partial charge is 0.261 e. The molecule has 0 unspecified atom stereocenters. The second-order valence-corrected chi connectivity index (χ2v) is 5.84. The summed E-state index contributed by atoms with van der Waals surface area (Å²) < 4.78 is 0. The van der Waals surface area contributed by atoms with E-state index in [9.17, 15) is 14.4 Å². The van der Waals surface area contributed by atoms with E-state index in [1.807, 2.05) is 6.07 Å². The Hall–Kier alpha value is -2.77. The summed E-state index contributed by atoms with van der Waals surface area (Å²) in [6.07, 6.45) is 0. The van der Waals surface area contributed by atoms with E-state index in [0.717, 1.165) is 5.39 Å². The van der Waals surface area contributed by atoms with Crippen molar-refractivity contribution in [3.05, 3.63) is 41.5 Å². The highest BCUT2D eigenvalue weighted by Gasteiger charge is 2.32. The van der Waals surface area contributed by atoms with E-state index < -0.39 is 0 Å². The van der Waals surface area contributed by atoms with Crippen LogP contribution in [0.25, 0.3) is 10.8 Å². The number of imide groups is 1. The molecule has 130 valence electrons. The van der Waals surface area contributed by atoms with Crippen LogP contribution in [0.2, 0.25) is 0 Å². The third kappa shape index (κ3) is 3.24. The van der Waals surface area contributed by atoms with Gasteiger partial charge in [0.25, 0.3) is 11.8 Å². The minimum Gasteiger partial charge on any atom is -0.395 e.